The molecule has 0 heterocycles. The molecule has 0 saturated heterocycles. The molecule has 0 aliphatic rings. The lowest BCUT2D eigenvalue weighted by Crippen LogP contribution is -2.38. The van der Waals surface area contributed by atoms with E-state index in [2.05, 4.69) is 5.32 Å². The van der Waals surface area contributed by atoms with Crippen LogP contribution in [0.25, 0.3) is 0 Å². The first kappa shape index (κ1) is 13.5. The number of nitrogens with two attached hydrogens (primary N) is 2. The molecule has 92 valence electrons. The van der Waals surface area contributed by atoms with Gasteiger partial charge in [0.15, 0.2) is 0 Å². The van der Waals surface area contributed by atoms with E-state index in [4.69, 9.17) is 11.5 Å². The Hall–Kier alpha value is -1.53. The summed E-state index contributed by atoms with van der Waals surface area (Å²) in [7, 11) is 0. The van der Waals surface area contributed by atoms with E-state index in [0.29, 0.717) is 5.69 Å². The SMILES string of the molecule is CSc1ccc(NC(=O)[C@@H](N)CC(N)=O)cc1. The van der Waals surface area contributed by atoms with E-state index in [1.807, 2.05) is 18.4 Å². The highest BCUT2D eigenvalue weighted by Gasteiger charge is 2.15. The van der Waals surface area contributed by atoms with Crippen LogP contribution in [0.3, 0.4) is 0 Å². The van der Waals surface area contributed by atoms with Crippen molar-refractivity contribution in [3.63, 3.8) is 0 Å². The summed E-state index contributed by atoms with van der Waals surface area (Å²) in [4.78, 5) is 23.3. The maximum atomic E-state index is 11.6. The summed E-state index contributed by atoms with van der Waals surface area (Å²) >= 11 is 1.61. The van der Waals surface area contributed by atoms with Crippen LogP contribution >= 0.6 is 11.8 Å². The number of rotatable bonds is 5. The monoisotopic (exact) mass is 253 g/mol. The van der Waals surface area contributed by atoms with E-state index in [-0.39, 0.29) is 6.42 Å². The van der Waals surface area contributed by atoms with Crippen molar-refractivity contribution in [3.05, 3.63) is 24.3 Å². The molecule has 0 aliphatic carbocycles. The number of hydrogen-bond acceptors (Lipinski definition) is 4. The van der Waals surface area contributed by atoms with Gasteiger partial charge in [0, 0.05) is 10.6 Å². The number of nitrogens with one attached hydrogen (secondary N) is 1. The zero-order valence-electron chi connectivity index (χ0n) is 9.47. The number of carbonyl (C=O) groups excluding carboxylic acids is 2. The quantitative estimate of drug-likeness (QED) is 0.667. The molecule has 1 aromatic rings. The summed E-state index contributed by atoms with van der Waals surface area (Å²) in [6.07, 6.45) is 1.81. The Balaban J connectivity index is 2.58. The number of carbonyl (C=O) groups is 2. The molecule has 0 unspecified atom stereocenters. The lowest BCUT2D eigenvalue weighted by atomic mass is 10.2. The van der Waals surface area contributed by atoms with Crippen molar-refractivity contribution in [3.8, 4) is 0 Å². The second kappa shape index (κ2) is 6.27. The number of primary amides is 1. The average Bonchev–Trinajstić information content (AvgIpc) is 2.29. The van der Waals surface area contributed by atoms with Crippen molar-refractivity contribution in [2.75, 3.05) is 11.6 Å². The fourth-order valence-corrected chi connectivity index (χ4v) is 1.63. The van der Waals surface area contributed by atoms with Gasteiger partial charge in [-0.3, -0.25) is 9.59 Å². The number of thioether (sulfide) groups is 1. The van der Waals surface area contributed by atoms with Gasteiger partial charge in [0.2, 0.25) is 11.8 Å². The highest BCUT2D eigenvalue weighted by Crippen LogP contribution is 2.17. The number of amides is 2. The van der Waals surface area contributed by atoms with Crippen molar-refractivity contribution >= 4 is 29.3 Å². The Morgan fingerprint density at radius 3 is 2.41 bits per heavy atom. The Morgan fingerprint density at radius 1 is 1.35 bits per heavy atom. The molecule has 1 atom stereocenters. The largest absolute Gasteiger partial charge is 0.370 e. The van der Waals surface area contributed by atoms with E-state index < -0.39 is 17.9 Å². The van der Waals surface area contributed by atoms with Gasteiger partial charge in [-0.15, -0.1) is 11.8 Å². The standard InChI is InChI=1S/C11H15N3O2S/c1-17-8-4-2-7(3-5-8)14-11(16)9(12)6-10(13)15/h2-5,9H,6,12H2,1H3,(H2,13,15)(H,14,16)/t9-/m0/s1. The summed E-state index contributed by atoms with van der Waals surface area (Å²) in [5.41, 5.74) is 11.1. The van der Waals surface area contributed by atoms with Gasteiger partial charge in [0.05, 0.1) is 12.5 Å². The predicted octanol–water partition coefficient (Wildman–Crippen LogP) is 0.550. The van der Waals surface area contributed by atoms with Crippen LogP contribution in [-0.4, -0.2) is 24.1 Å². The smallest absolute Gasteiger partial charge is 0.241 e. The molecule has 0 aromatic heterocycles. The zero-order chi connectivity index (χ0) is 12.8. The highest BCUT2D eigenvalue weighted by molar-refractivity contribution is 7.98. The van der Waals surface area contributed by atoms with Gasteiger partial charge in [0.1, 0.15) is 0 Å². The third kappa shape index (κ3) is 4.46. The van der Waals surface area contributed by atoms with Gasteiger partial charge >= 0.3 is 0 Å². The normalized spacial score (nSPS) is 11.9. The number of anilines is 1. The van der Waals surface area contributed by atoms with Gasteiger partial charge in [0.25, 0.3) is 0 Å². The van der Waals surface area contributed by atoms with E-state index in [1.165, 1.54) is 0 Å². The first-order valence-electron chi connectivity index (χ1n) is 5.01. The van der Waals surface area contributed by atoms with E-state index in [0.717, 1.165) is 4.90 Å². The van der Waals surface area contributed by atoms with E-state index >= 15 is 0 Å². The molecule has 17 heavy (non-hydrogen) atoms. The lowest BCUT2D eigenvalue weighted by molar-refractivity contribution is -0.123. The maximum absolute atomic E-state index is 11.6. The summed E-state index contributed by atoms with van der Waals surface area (Å²) in [5, 5.41) is 2.62. The van der Waals surface area contributed by atoms with Crippen LogP contribution in [0.15, 0.2) is 29.2 Å². The molecular weight excluding hydrogens is 238 g/mol. The molecule has 0 aliphatic heterocycles. The van der Waals surface area contributed by atoms with Crippen LogP contribution in [-0.2, 0) is 9.59 Å². The molecule has 0 fully saturated rings. The molecule has 0 bridgehead atoms. The average molecular weight is 253 g/mol. The van der Waals surface area contributed by atoms with Crippen molar-refractivity contribution in [1.29, 1.82) is 0 Å². The summed E-state index contributed by atoms with van der Waals surface area (Å²) < 4.78 is 0. The molecule has 1 aromatic carbocycles. The second-order valence-electron chi connectivity index (χ2n) is 3.49. The molecule has 0 saturated carbocycles. The fraction of sp³-hybridized carbons (Fsp3) is 0.273. The highest BCUT2D eigenvalue weighted by atomic mass is 32.2. The molecule has 2 amide bonds. The van der Waals surface area contributed by atoms with Gasteiger partial charge in [-0.1, -0.05) is 0 Å². The van der Waals surface area contributed by atoms with Crippen LogP contribution in [0.5, 0.6) is 0 Å². The zero-order valence-corrected chi connectivity index (χ0v) is 10.3. The Kier molecular flexibility index (Phi) is 4.99. The van der Waals surface area contributed by atoms with Gasteiger partial charge in [-0.25, -0.2) is 0 Å². The minimum Gasteiger partial charge on any atom is -0.370 e. The topological polar surface area (TPSA) is 98.2 Å². The van der Waals surface area contributed by atoms with Crippen molar-refractivity contribution in [2.24, 2.45) is 11.5 Å². The van der Waals surface area contributed by atoms with Crippen LogP contribution in [0, 0.1) is 0 Å². The maximum Gasteiger partial charge on any atom is 0.241 e. The van der Waals surface area contributed by atoms with Gasteiger partial charge in [-0.05, 0) is 30.5 Å². The summed E-state index contributed by atoms with van der Waals surface area (Å²) in [5.74, 6) is -1.01. The van der Waals surface area contributed by atoms with Crippen LogP contribution in [0.4, 0.5) is 5.69 Å². The number of hydrogen-bond donors (Lipinski definition) is 3. The summed E-state index contributed by atoms with van der Waals surface area (Å²) in [6.45, 7) is 0. The Morgan fingerprint density at radius 2 is 1.94 bits per heavy atom. The third-order valence-corrected chi connectivity index (χ3v) is 2.86. The van der Waals surface area contributed by atoms with Crippen LogP contribution in [0.1, 0.15) is 6.42 Å². The van der Waals surface area contributed by atoms with Gasteiger partial charge < -0.3 is 16.8 Å². The second-order valence-corrected chi connectivity index (χ2v) is 4.37. The molecule has 1 rings (SSSR count). The molecule has 5 nitrogen and oxygen atoms in total. The molecule has 6 heteroatoms. The van der Waals surface area contributed by atoms with Crippen molar-refractivity contribution in [2.45, 2.75) is 17.4 Å². The van der Waals surface area contributed by atoms with Crippen molar-refractivity contribution in [1.82, 2.24) is 0 Å². The van der Waals surface area contributed by atoms with E-state index in [9.17, 15) is 9.59 Å². The fourth-order valence-electron chi connectivity index (χ4n) is 1.22. The Labute approximate surface area is 104 Å². The van der Waals surface area contributed by atoms with E-state index in [1.54, 1.807) is 23.9 Å². The predicted molar refractivity (Wildman–Crippen MR) is 68.6 cm³/mol. The van der Waals surface area contributed by atoms with Crippen molar-refractivity contribution < 1.29 is 9.59 Å². The summed E-state index contributed by atoms with van der Waals surface area (Å²) in [6, 6.07) is 6.43. The first-order valence-corrected chi connectivity index (χ1v) is 6.24. The molecule has 0 spiro atoms. The molecular formula is C11H15N3O2S. The number of benzene rings is 1. The minimum atomic E-state index is -0.910. The van der Waals surface area contributed by atoms with Gasteiger partial charge in [-0.2, -0.15) is 0 Å². The van der Waals surface area contributed by atoms with Crippen LogP contribution < -0.4 is 16.8 Å². The first-order chi connectivity index (χ1) is 8.02. The lowest BCUT2D eigenvalue weighted by Gasteiger charge is -2.10. The van der Waals surface area contributed by atoms with Crippen LogP contribution in [0.2, 0.25) is 0 Å². The Bertz CT molecular complexity index is 406. The minimum absolute atomic E-state index is 0.158. The third-order valence-electron chi connectivity index (χ3n) is 2.12. The molecule has 0 radical (unpaired) electrons. The molecule has 5 N–H and O–H groups in total.